The molecule has 1 fully saturated rings. The zero-order valence-electron chi connectivity index (χ0n) is 8.54. The summed E-state index contributed by atoms with van der Waals surface area (Å²) in [5.41, 5.74) is 1.39. The first kappa shape index (κ1) is 10.2. The molecule has 1 saturated carbocycles. The predicted molar refractivity (Wildman–Crippen MR) is 63.2 cm³/mol. The Hall–Kier alpha value is -0.340. The minimum absolute atomic E-state index is 0.821. The molecule has 1 aromatic rings. The minimum atomic E-state index is 0.821. The van der Waals surface area contributed by atoms with Crippen LogP contribution in [0.5, 0.6) is 0 Å². The van der Waals surface area contributed by atoms with Gasteiger partial charge in [-0.05, 0) is 31.5 Å². The van der Waals surface area contributed by atoms with E-state index in [0.717, 1.165) is 12.6 Å². The molecule has 0 N–H and O–H groups in total. The zero-order chi connectivity index (χ0) is 9.97. The van der Waals surface area contributed by atoms with Gasteiger partial charge < -0.3 is 0 Å². The molecule has 14 heavy (non-hydrogen) atoms. The highest BCUT2D eigenvalue weighted by Gasteiger charge is 2.21. The van der Waals surface area contributed by atoms with Crippen LogP contribution in [0.2, 0.25) is 0 Å². The van der Waals surface area contributed by atoms with Crippen molar-refractivity contribution in [2.75, 3.05) is 7.05 Å². The lowest BCUT2D eigenvalue weighted by atomic mass is 9.91. The number of halogens is 1. The molecule has 0 amide bonds. The van der Waals surface area contributed by atoms with E-state index in [9.17, 15) is 0 Å². The van der Waals surface area contributed by atoms with Crippen molar-refractivity contribution in [2.45, 2.75) is 31.8 Å². The average molecular weight is 254 g/mol. The van der Waals surface area contributed by atoms with Crippen molar-refractivity contribution >= 4 is 15.9 Å². The maximum atomic E-state index is 3.59. The minimum Gasteiger partial charge on any atom is -0.299 e. The van der Waals surface area contributed by atoms with Crippen LogP contribution in [0, 0.1) is 0 Å². The standard InChI is InChI=1S/C12H16BrN/c1-14(11-6-4-7-11)9-10-5-2-3-8-12(10)13/h2-3,5,8,11H,4,6-7,9H2,1H3. The molecular formula is C12H16BrN. The van der Waals surface area contributed by atoms with E-state index in [1.807, 2.05) is 0 Å². The summed E-state index contributed by atoms with van der Waals surface area (Å²) >= 11 is 3.59. The van der Waals surface area contributed by atoms with Crippen molar-refractivity contribution in [1.29, 1.82) is 0 Å². The third kappa shape index (κ3) is 2.18. The van der Waals surface area contributed by atoms with Gasteiger partial charge >= 0.3 is 0 Å². The molecule has 0 aliphatic heterocycles. The molecule has 0 saturated heterocycles. The molecule has 0 aromatic heterocycles. The van der Waals surface area contributed by atoms with Gasteiger partial charge in [0.1, 0.15) is 0 Å². The smallest absolute Gasteiger partial charge is 0.0244 e. The van der Waals surface area contributed by atoms with Gasteiger partial charge in [0.2, 0.25) is 0 Å². The number of hydrogen-bond acceptors (Lipinski definition) is 1. The van der Waals surface area contributed by atoms with Crippen LogP contribution in [-0.2, 0) is 6.54 Å². The van der Waals surface area contributed by atoms with Crippen LogP contribution in [0.4, 0.5) is 0 Å². The molecular weight excluding hydrogens is 238 g/mol. The van der Waals surface area contributed by atoms with E-state index in [2.05, 4.69) is 52.1 Å². The van der Waals surface area contributed by atoms with Crippen LogP contribution >= 0.6 is 15.9 Å². The number of benzene rings is 1. The molecule has 0 radical (unpaired) electrons. The monoisotopic (exact) mass is 253 g/mol. The number of nitrogens with zero attached hydrogens (tertiary/aromatic N) is 1. The molecule has 76 valence electrons. The molecule has 0 unspecified atom stereocenters. The Bertz CT molecular complexity index is 307. The molecule has 0 bridgehead atoms. The van der Waals surface area contributed by atoms with E-state index in [-0.39, 0.29) is 0 Å². The lowest BCUT2D eigenvalue weighted by molar-refractivity contribution is 0.152. The van der Waals surface area contributed by atoms with Crippen LogP contribution in [0.15, 0.2) is 28.7 Å². The zero-order valence-corrected chi connectivity index (χ0v) is 10.1. The fraction of sp³-hybridized carbons (Fsp3) is 0.500. The van der Waals surface area contributed by atoms with Crippen LogP contribution in [0.25, 0.3) is 0 Å². The van der Waals surface area contributed by atoms with Gasteiger partial charge in [-0.3, -0.25) is 4.90 Å². The van der Waals surface area contributed by atoms with Crippen molar-refractivity contribution in [3.63, 3.8) is 0 Å². The van der Waals surface area contributed by atoms with Crippen molar-refractivity contribution in [1.82, 2.24) is 4.90 Å². The molecule has 2 rings (SSSR count). The molecule has 1 aliphatic carbocycles. The Morgan fingerprint density at radius 1 is 1.36 bits per heavy atom. The maximum absolute atomic E-state index is 3.59. The largest absolute Gasteiger partial charge is 0.299 e. The third-order valence-electron chi connectivity index (χ3n) is 3.08. The van der Waals surface area contributed by atoms with Crippen LogP contribution < -0.4 is 0 Å². The van der Waals surface area contributed by atoms with Gasteiger partial charge in [-0.2, -0.15) is 0 Å². The van der Waals surface area contributed by atoms with Crippen molar-refractivity contribution < 1.29 is 0 Å². The first-order valence-electron chi connectivity index (χ1n) is 5.21. The molecule has 1 aromatic carbocycles. The van der Waals surface area contributed by atoms with Crippen LogP contribution in [-0.4, -0.2) is 18.0 Å². The van der Waals surface area contributed by atoms with Gasteiger partial charge in [-0.1, -0.05) is 40.5 Å². The first-order chi connectivity index (χ1) is 6.77. The second-order valence-electron chi connectivity index (χ2n) is 4.09. The number of rotatable bonds is 3. The fourth-order valence-corrected chi connectivity index (χ4v) is 2.26. The predicted octanol–water partition coefficient (Wildman–Crippen LogP) is 3.43. The van der Waals surface area contributed by atoms with Crippen LogP contribution in [0.1, 0.15) is 24.8 Å². The van der Waals surface area contributed by atoms with E-state index in [0.29, 0.717) is 0 Å². The van der Waals surface area contributed by atoms with Crippen molar-refractivity contribution in [2.24, 2.45) is 0 Å². The van der Waals surface area contributed by atoms with E-state index in [1.165, 1.54) is 29.3 Å². The van der Waals surface area contributed by atoms with E-state index in [1.54, 1.807) is 0 Å². The van der Waals surface area contributed by atoms with E-state index >= 15 is 0 Å². The Balaban J connectivity index is 1.99. The summed E-state index contributed by atoms with van der Waals surface area (Å²) < 4.78 is 1.23. The molecule has 0 atom stereocenters. The highest BCUT2D eigenvalue weighted by Crippen LogP contribution is 2.26. The van der Waals surface area contributed by atoms with Gasteiger partial charge in [0.05, 0.1) is 0 Å². The second kappa shape index (κ2) is 4.45. The fourth-order valence-electron chi connectivity index (χ4n) is 1.85. The summed E-state index contributed by atoms with van der Waals surface area (Å²) in [6.45, 7) is 1.06. The van der Waals surface area contributed by atoms with Gasteiger partial charge in [-0.15, -0.1) is 0 Å². The summed E-state index contributed by atoms with van der Waals surface area (Å²) in [5.74, 6) is 0. The summed E-state index contributed by atoms with van der Waals surface area (Å²) in [5, 5.41) is 0. The van der Waals surface area contributed by atoms with Crippen molar-refractivity contribution in [3.8, 4) is 0 Å². The maximum Gasteiger partial charge on any atom is 0.0244 e. The summed E-state index contributed by atoms with van der Waals surface area (Å²) in [7, 11) is 2.23. The Morgan fingerprint density at radius 2 is 2.07 bits per heavy atom. The Kier molecular flexibility index (Phi) is 3.24. The van der Waals surface area contributed by atoms with Gasteiger partial charge in [0.15, 0.2) is 0 Å². The summed E-state index contributed by atoms with van der Waals surface area (Å²) in [6, 6.07) is 9.30. The molecule has 0 spiro atoms. The summed E-state index contributed by atoms with van der Waals surface area (Å²) in [6.07, 6.45) is 4.16. The summed E-state index contributed by atoms with van der Waals surface area (Å²) in [4.78, 5) is 2.46. The topological polar surface area (TPSA) is 3.24 Å². The van der Waals surface area contributed by atoms with E-state index < -0.39 is 0 Å². The molecule has 0 heterocycles. The average Bonchev–Trinajstić information content (AvgIpc) is 2.05. The molecule has 2 heteroatoms. The highest BCUT2D eigenvalue weighted by atomic mass is 79.9. The lowest BCUT2D eigenvalue weighted by Gasteiger charge is -2.34. The lowest BCUT2D eigenvalue weighted by Crippen LogP contribution is -2.36. The Labute approximate surface area is 94.2 Å². The van der Waals surface area contributed by atoms with Crippen LogP contribution in [0.3, 0.4) is 0 Å². The SMILES string of the molecule is CN(Cc1ccccc1Br)C1CCC1. The van der Waals surface area contributed by atoms with Crippen molar-refractivity contribution in [3.05, 3.63) is 34.3 Å². The normalized spacial score (nSPS) is 17.1. The van der Waals surface area contributed by atoms with Gasteiger partial charge in [0, 0.05) is 17.1 Å². The Morgan fingerprint density at radius 3 is 2.64 bits per heavy atom. The first-order valence-corrected chi connectivity index (χ1v) is 6.00. The molecule has 1 aliphatic rings. The van der Waals surface area contributed by atoms with E-state index in [4.69, 9.17) is 0 Å². The van der Waals surface area contributed by atoms with Gasteiger partial charge in [0.25, 0.3) is 0 Å². The quantitative estimate of drug-likeness (QED) is 0.798. The van der Waals surface area contributed by atoms with Gasteiger partial charge in [-0.25, -0.2) is 0 Å². The third-order valence-corrected chi connectivity index (χ3v) is 3.85. The second-order valence-corrected chi connectivity index (χ2v) is 4.95. The number of hydrogen-bond donors (Lipinski definition) is 0. The molecule has 1 nitrogen and oxygen atoms in total. The highest BCUT2D eigenvalue weighted by molar-refractivity contribution is 9.10.